The molecule has 1 fully saturated rings. The number of hydrogen-bond donors (Lipinski definition) is 1. The van der Waals surface area contributed by atoms with Crippen LogP contribution in [0.1, 0.15) is 17.9 Å². The van der Waals surface area contributed by atoms with Gasteiger partial charge in [-0.2, -0.15) is 0 Å². The molecule has 1 saturated heterocycles. The van der Waals surface area contributed by atoms with Gasteiger partial charge in [-0.15, -0.1) is 0 Å². The van der Waals surface area contributed by atoms with Crippen LogP contribution < -0.4 is 5.32 Å². The molecule has 1 atom stereocenters. The standard InChI is InChI=1S/C14H16N2O3/c1-9-3-2-4-11-13(9)16-12(19-11)7-15-14(17)10-5-6-18-8-10/h2-4,10H,5-8H2,1H3,(H,15,17)/t10-/m1/s1. The normalized spacial score (nSPS) is 18.9. The highest BCUT2D eigenvalue weighted by Crippen LogP contribution is 2.19. The maximum Gasteiger partial charge on any atom is 0.225 e. The molecule has 2 heterocycles. The number of hydrogen-bond acceptors (Lipinski definition) is 4. The van der Waals surface area contributed by atoms with Gasteiger partial charge in [0, 0.05) is 6.61 Å². The highest BCUT2D eigenvalue weighted by atomic mass is 16.5. The van der Waals surface area contributed by atoms with E-state index < -0.39 is 0 Å². The molecule has 19 heavy (non-hydrogen) atoms. The van der Waals surface area contributed by atoms with Gasteiger partial charge in [-0.3, -0.25) is 4.79 Å². The van der Waals surface area contributed by atoms with E-state index in [2.05, 4.69) is 10.3 Å². The Morgan fingerprint density at radius 1 is 1.53 bits per heavy atom. The summed E-state index contributed by atoms with van der Waals surface area (Å²) in [4.78, 5) is 16.2. The van der Waals surface area contributed by atoms with Crippen molar-refractivity contribution in [3.63, 3.8) is 0 Å². The second-order valence-corrected chi connectivity index (χ2v) is 4.81. The topological polar surface area (TPSA) is 64.4 Å². The third-order valence-corrected chi connectivity index (χ3v) is 3.38. The zero-order chi connectivity index (χ0) is 13.2. The largest absolute Gasteiger partial charge is 0.439 e. The van der Waals surface area contributed by atoms with Gasteiger partial charge < -0.3 is 14.5 Å². The minimum Gasteiger partial charge on any atom is -0.439 e. The number of carbonyl (C=O) groups excluding carboxylic acids is 1. The molecule has 1 aromatic carbocycles. The molecule has 1 aliphatic heterocycles. The van der Waals surface area contributed by atoms with Crippen LogP contribution in [-0.2, 0) is 16.1 Å². The van der Waals surface area contributed by atoms with Gasteiger partial charge in [0.05, 0.1) is 19.1 Å². The summed E-state index contributed by atoms with van der Waals surface area (Å²) in [7, 11) is 0. The summed E-state index contributed by atoms with van der Waals surface area (Å²) in [6, 6.07) is 5.80. The van der Waals surface area contributed by atoms with Gasteiger partial charge in [0.1, 0.15) is 5.52 Å². The Hall–Kier alpha value is -1.88. The number of fused-ring (bicyclic) bond motifs is 1. The van der Waals surface area contributed by atoms with Crippen LogP contribution in [-0.4, -0.2) is 24.1 Å². The first kappa shape index (κ1) is 12.2. The second-order valence-electron chi connectivity index (χ2n) is 4.81. The van der Waals surface area contributed by atoms with Crippen LogP contribution in [0.15, 0.2) is 22.6 Å². The number of benzene rings is 1. The third kappa shape index (κ3) is 2.46. The van der Waals surface area contributed by atoms with Gasteiger partial charge in [0.15, 0.2) is 5.58 Å². The fraction of sp³-hybridized carbons (Fsp3) is 0.429. The average Bonchev–Trinajstić information content (AvgIpc) is 3.05. The van der Waals surface area contributed by atoms with Crippen molar-refractivity contribution in [3.05, 3.63) is 29.7 Å². The van der Waals surface area contributed by atoms with E-state index >= 15 is 0 Å². The maximum atomic E-state index is 11.8. The third-order valence-electron chi connectivity index (χ3n) is 3.38. The van der Waals surface area contributed by atoms with E-state index in [1.807, 2.05) is 25.1 Å². The van der Waals surface area contributed by atoms with Gasteiger partial charge >= 0.3 is 0 Å². The molecule has 0 bridgehead atoms. The van der Waals surface area contributed by atoms with Crippen molar-refractivity contribution in [2.45, 2.75) is 19.9 Å². The van der Waals surface area contributed by atoms with Crippen LogP contribution in [0.2, 0.25) is 0 Å². The smallest absolute Gasteiger partial charge is 0.225 e. The summed E-state index contributed by atoms with van der Waals surface area (Å²) in [6.45, 7) is 3.49. The summed E-state index contributed by atoms with van der Waals surface area (Å²) in [6.07, 6.45) is 0.790. The molecular weight excluding hydrogens is 244 g/mol. The van der Waals surface area contributed by atoms with Crippen molar-refractivity contribution >= 4 is 17.0 Å². The van der Waals surface area contributed by atoms with E-state index in [0.29, 0.717) is 25.6 Å². The van der Waals surface area contributed by atoms with E-state index in [1.54, 1.807) is 0 Å². The predicted molar refractivity (Wildman–Crippen MR) is 69.5 cm³/mol. The van der Waals surface area contributed by atoms with Crippen molar-refractivity contribution in [2.24, 2.45) is 5.92 Å². The number of carbonyl (C=O) groups is 1. The van der Waals surface area contributed by atoms with Gasteiger partial charge in [0.2, 0.25) is 11.8 Å². The van der Waals surface area contributed by atoms with E-state index in [9.17, 15) is 4.79 Å². The molecule has 100 valence electrons. The molecule has 0 radical (unpaired) electrons. The number of ether oxygens (including phenoxy) is 1. The van der Waals surface area contributed by atoms with Crippen LogP contribution in [0.3, 0.4) is 0 Å². The number of para-hydroxylation sites is 1. The molecule has 0 saturated carbocycles. The lowest BCUT2D eigenvalue weighted by Gasteiger charge is -2.06. The zero-order valence-corrected chi connectivity index (χ0v) is 10.8. The van der Waals surface area contributed by atoms with Crippen molar-refractivity contribution in [1.29, 1.82) is 0 Å². The molecule has 0 spiro atoms. The molecule has 0 aliphatic carbocycles. The summed E-state index contributed by atoms with van der Waals surface area (Å²) < 4.78 is 10.8. The highest BCUT2D eigenvalue weighted by molar-refractivity contribution is 5.79. The Bertz CT molecular complexity index is 600. The minimum atomic E-state index is -0.0360. The zero-order valence-electron chi connectivity index (χ0n) is 10.8. The lowest BCUT2D eigenvalue weighted by molar-refractivity contribution is -0.125. The van der Waals surface area contributed by atoms with Gasteiger partial charge in [-0.05, 0) is 25.0 Å². The van der Waals surface area contributed by atoms with E-state index in [1.165, 1.54) is 0 Å². The fourth-order valence-corrected chi connectivity index (χ4v) is 2.26. The first-order chi connectivity index (χ1) is 9.24. The maximum absolute atomic E-state index is 11.8. The molecular formula is C14H16N2O3. The Kier molecular flexibility index (Phi) is 3.21. The molecule has 0 unspecified atom stereocenters. The molecule has 3 rings (SSSR count). The highest BCUT2D eigenvalue weighted by Gasteiger charge is 2.23. The molecule has 2 aromatic rings. The first-order valence-corrected chi connectivity index (χ1v) is 6.44. The SMILES string of the molecule is Cc1cccc2oc(CNC(=O)[C@@H]3CCOC3)nc12. The van der Waals surface area contributed by atoms with Crippen LogP contribution in [0.4, 0.5) is 0 Å². The van der Waals surface area contributed by atoms with Gasteiger partial charge in [0.25, 0.3) is 0 Å². The van der Waals surface area contributed by atoms with Gasteiger partial charge in [-0.1, -0.05) is 12.1 Å². The first-order valence-electron chi connectivity index (χ1n) is 6.44. The second kappa shape index (κ2) is 5.01. The number of rotatable bonds is 3. The van der Waals surface area contributed by atoms with Crippen molar-refractivity contribution in [2.75, 3.05) is 13.2 Å². The fourth-order valence-electron chi connectivity index (χ4n) is 2.26. The number of oxazole rings is 1. The molecule has 1 aliphatic rings. The summed E-state index contributed by atoms with van der Waals surface area (Å²) in [5, 5.41) is 2.85. The Morgan fingerprint density at radius 2 is 2.42 bits per heavy atom. The van der Waals surface area contributed by atoms with E-state index in [-0.39, 0.29) is 11.8 Å². The molecule has 1 N–H and O–H groups in total. The van der Waals surface area contributed by atoms with Crippen LogP contribution in [0.25, 0.3) is 11.1 Å². The van der Waals surface area contributed by atoms with E-state index in [4.69, 9.17) is 9.15 Å². The lowest BCUT2D eigenvalue weighted by Crippen LogP contribution is -2.30. The lowest BCUT2D eigenvalue weighted by atomic mass is 10.1. The summed E-state index contributed by atoms with van der Waals surface area (Å²) in [5.41, 5.74) is 2.69. The van der Waals surface area contributed by atoms with Crippen molar-refractivity contribution in [1.82, 2.24) is 10.3 Å². The molecule has 1 aromatic heterocycles. The average molecular weight is 260 g/mol. The number of aromatic nitrogens is 1. The molecule has 5 heteroatoms. The molecule has 5 nitrogen and oxygen atoms in total. The quantitative estimate of drug-likeness (QED) is 0.913. The van der Waals surface area contributed by atoms with E-state index in [0.717, 1.165) is 23.1 Å². The monoisotopic (exact) mass is 260 g/mol. The Balaban J connectivity index is 1.68. The van der Waals surface area contributed by atoms with Gasteiger partial charge in [-0.25, -0.2) is 4.98 Å². The number of aryl methyl sites for hydroxylation is 1. The Morgan fingerprint density at radius 3 is 3.16 bits per heavy atom. The Labute approximate surface area is 111 Å². The summed E-state index contributed by atoms with van der Waals surface area (Å²) >= 11 is 0. The van der Waals surface area contributed by atoms with Crippen LogP contribution in [0.5, 0.6) is 0 Å². The summed E-state index contributed by atoms with van der Waals surface area (Å²) in [5.74, 6) is 0.513. The minimum absolute atomic E-state index is 0.0106. The predicted octanol–water partition coefficient (Wildman–Crippen LogP) is 1.79. The van der Waals surface area contributed by atoms with Crippen molar-refractivity contribution < 1.29 is 13.9 Å². The molecule has 1 amide bonds. The van der Waals surface area contributed by atoms with Crippen molar-refractivity contribution in [3.8, 4) is 0 Å². The number of amides is 1. The van der Waals surface area contributed by atoms with Crippen LogP contribution >= 0.6 is 0 Å². The van der Waals surface area contributed by atoms with Crippen LogP contribution in [0, 0.1) is 12.8 Å². The number of nitrogens with zero attached hydrogens (tertiary/aromatic N) is 1. The number of nitrogens with one attached hydrogen (secondary N) is 1.